The van der Waals surface area contributed by atoms with Gasteiger partial charge < -0.3 is 4.90 Å². The van der Waals surface area contributed by atoms with Crippen LogP contribution < -0.4 is 9.88 Å². The van der Waals surface area contributed by atoms with Crippen molar-refractivity contribution in [3.05, 3.63) is 28.4 Å². The van der Waals surface area contributed by atoms with Crippen LogP contribution in [0.1, 0.15) is 25.7 Å². The molecule has 1 aromatic heterocycles. The van der Waals surface area contributed by atoms with Gasteiger partial charge in [0, 0.05) is 31.0 Å². The van der Waals surface area contributed by atoms with Crippen LogP contribution in [-0.4, -0.2) is 41.9 Å². The number of hydrogen-bond acceptors (Lipinski definition) is 4. The molecular formula is C15H21N4O3+. The molecule has 2 aliphatic rings. The van der Waals surface area contributed by atoms with Crippen LogP contribution in [-0.2, 0) is 4.79 Å². The number of nitrogens with one attached hydrogen (secondary N) is 1. The number of aromatic amines is 1. The van der Waals surface area contributed by atoms with Gasteiger partial charge in [0.2, 0.25) is 5.91 Å². The van der Waals surface area contributed by atoms with Crippen LogP contribution in [0.25, 0.3) is 0 Å². The number of anilines is 1. The molecule has 1 N–H and O–H groups in total. The topological polar surface area (TPSA) is 80.8 Å². The summed E-state index contributed by atoms with van der Waals surface area (Å²) in [4.78, 5) is 29.7. The third kappa shape index (κ3) is 3.03. The van der Waals surface area contributed by atoms with Crippen LogP contribution >= 0.6 is 0 Å². The van der Waals surface area contributed by atoms with Crippen LogP contribution in [0, 0.1) is 16.0 Å². The lowest BCUT2D eigenvalue weighted by Crippen LogP contribution is -2.41. The molecule has 1 amide bonds. The predicted molar refractivity (Wildman–Crippen MR) is 80.4 cm³/mol. The summed E-state index contributed by atoms with van der Waals surface area (Å²) >= 11 is 0. The van der Waals surface area contributed by atoms with Crippen molar-refractivity contribution in [2.24, 2.45) is 5.92 Å². The maximum atomic E-state index is 12.3. The number of H-pyrrole nitrogens is 1. The Balaban J connectivity index is 1.62. The molecular weight excluding hydrogens is 284 g/mol. The molecule has 0 radical (unpaired) electrons. The number of amides is 1. The highest BCUT2D eigenvalue weighted by molar-refractivity contribution is 5.79. The first-order valence-corrected chi connectivity index (χ1v) is 7.85. The molecule has 2 fully saturated rings. The van der Waals surface area contributed by atoms with Gasteiger partial charge in [0.1, 0.15) is 6.54 Å². The summed E-state index contributed by atoms with van der Waals surface area (Å²) < 4.78 is 0. The number of carbonyl (C=O) groups excluding carboxylic acids is 1. The van der Waals surface area contributed by atoms with Gasteiger partial charge in [0.25, 0.3) is 5.82 Å². The van der Waals surface area contributed by atoms with E-state index in [2.05, 4.69) is 9.88 Å². The SMILES string of the molecule is O=C(C1CCC1)N1CCCN(c2ccc([N+](=O)[O-])c[nH+]2)CC1. The number of aromatic nitrogens is 1. The van der Waals surface area contributed by atoms with Crippen molar-refractivity contribution in [2.45, 2.75) is 25.7 Å². The summed E-state index contributed by atoms with van der Waals surface area (Å²) in [7, 11) is 0. The lowest BCUT2D eigenvalue weighted by atomic mass is 9.84. The molecule has 1 aliphatic carbocycles. The molecule has 0 aromatic carbocycles. The zero-order valence-electron chi connectivity index (χ0n) is 12.5. The molecule has 22 heavy (non-hydrogen) atoms. The van der Waals surface area contributed by atoms with E-state index in [4.69, 9.17) is 0 Å². The van der Waals surface area contributed by atoms with Crippen molar-refractivity contribution in [2.75, 3.05) is 31.1 Å². The van der Waals surface area contributed by atoms with Gasteiger partial charge in [-0.05, 0) is 12.8 Å². The highest BCUT2D eigenvalue weighted by Gasteiger charge is 2.31. The van der Waals surface area contributed by atoms with E-state index in [0.717, 1.165) is 51.3 Å². The first kappa shape index (κ1) is 14.7. The van der Waals surface area contributed by atoms with Crippen LogP contribution in [0.5, 0.6) is 0 Å². The highest BCUT2D eigenvalue weighted by Crippen LogP contribution is 2.28. The van der Waals surface area contributed by atoms with Crippen LogP contribution in [0.15, 0.2) is 18.3 Å². The van der Waals surface area contributed by atoms with Crippen LogP contribution in [0.2, 0.25) is 0 Å². The van der Waals surface area contributed by atoms with Gasteiger partial charge in [-0.25, -0.2) is 4.98 Å². The lowest BCUT2D eigenvalue weighted by molar-refractivity contribution is -0.414. The van der Waals surface area contributed by atoms with Gasteiger partial charge in [0.05, 0.1) is 18.0 Å². The van der Waals surface area contributed by atoms with Crippen molar-refractivity contribution >= 4 is 17.4 Å². The van der Waals surface area contributed by atoms with E-state index in [0.29, 0.717) is 5.91 Å². The largest absolute Gasteiger partial charge is 0.338 e. The molecule has 7 heteroatoms. The minimum atomic E-state index is -0.415. The summed E-state index contributed by atoms with van der Waals surface area (Å²) in [5.74, 6) is 1.42. The molecule has 2 heterocycles. The third-order valence-corrected chi connectivity index (χ3v) is 4.59. The Morgan fingerprint density at radius 3 is 2.59 bits per heavy atom. The average Bonchev–Trinajstić information content (AvgIpc) is 2.71. The standard InChI is InChI=1S/C15H20N4O3/c20-15(12-3-1-4-12)18-8-2-7-17(9-10-18)14-6-5-13(11-16-14)19(21)22/h5-6,11-12H,1-4,7-10H2/p+1. The monoisotopic (exact) mass is 305 g/mol. The van der Waals surface area contributed by atoms with Crippen molar-refractivity contribution < 1.29 is 14.7 Å². The maximum Gasteiger partial charge on any atom is 0.308 e. The van der Waals surface area contributed by atoms with E-state index < -0.39 is 4.92 Å². The smallest absolute Gasteiger partial charge is 0.308 e. The molecule has 7 nitrogen and oxygen atoms in total. The van der Waals surface area contributed by atoms with E-state index in [9.17, 15) is 14.9 Å². The molecule has 1 aliphatic heterocycles. The lowest BCUT2D eigenvalue weighted by Gasteiger charge is -2.30. The van der Waals surface area contributed by atoms with Gasteiger partial charge >= 0.3 is 5.69 Å². The first-order valence-electron chi connectivity index (χ1n) is 7.85. The molecule has 3 rings (SSSR count). The average molecular weight is 305 g/mol. The number of nitro groups is 1. The second-order valence-electron chi connectivity index (χ2n) is 5.98. The van der Waals surface area contributed by atoms with Crippen molar-refractivity contribution in [1.29, 1.82) is 0 Å². The fourth-order valence-corrected chi connectivity index (χ4v) is 3.01. The minimum absolute atomic E-state index is 0.0559. The fraction of sp³-hybridized carbons (Fsp3) is 0.600. The number of pyridine rings is 1. The highest BCUT2D eigenvalue weighted by atomic mass is 16.6. The second-order valence-corrected chi connectivity index (χ2v) is 5.98. The van der Waals surface area contributed by atoms with E-state index in [-0.39, 0.29) is 11.6 Å². The summed E-state index contributed by atoms with van der Waals surface area (Å²) in [6.07, 6.45) is 5.58. The molecule has 118 valence electrons. The van der Waals surface area contributed by atoms with E-state index in [1.165, 1.54) is 18.7 Å². The quantitative estimate of drug-likeness (QED) is 0.621. The van der Waals surface area contributed by atoms with Gasteiger partial charge in [-0.2, -0.15) is 0 Å². The summed E-state index contributed by atoms with van der Waals surface area (Å²) in [5.41, 5.74) is 0.0559. The predicted octanol–water partition coefficient (Wildman–Crippen LogP) is 1.25. The second kappa shape index (κ2) is 6.29. The molecule has 0 bridgehead atoms. The van der Waals surface area contributed by atoms with E-state index in [1.54, 1.807) is 6.07 Å². The zero-order chi connectivity index (χ0) is 15.5. The summed E-state index contributed by atoms with van der Waals surface area (Å²) in [6, 6.07) is 3.25. The Labute approximate surface area is 129 Å². The van der Waals surface area contributed by atoms with Gasteiger partial charge in [0.15, 0.2) is 6.20 Å². The number of hydrogen-bond donors (Lipinski definition) is 0. The Morgan fingerprint density at radius 2 is 2.00 bits per heavy atom. The summed E-state index contributed by atoms with van der Waals surface area (Å²) in [5, 5.41) is 10.7. The van der Waals surface area contributed by atoms with Crippen LogP contribution in [0.3, 0.4) is 0 Å². The maximum absolute atomic E-state index is 12.3. The van der Waals surface area contributed by atoms with Crippen molar-refractivity contribution in [3.8, 4) is 0 Å². The van der Waals surface area contributed by atoms with Gasteiger partial charge in [-0.3, -0.25) is 19.8 Å². The normalized spacial score (nSPS) is 19.5. The van der Waals surface area contributed by atoms with E-state index >= 15 is 0 Å². The van der Waals surface area contributed by atoms with Crippen molar-refractivity contribution in [1.82, 2.24) is 4.90 Å². The molecule has 0 unspecified atom stereocenters. The van der Waals surface area contributed by atoms with Crippen molar-refractivity contribution in [3.63, 3.8) is 0 Å². The number of nitrogens with zero attached hydrogens (tertiary/aromatic N) is 3. The fourth-order valence-electron chi connectivity index (χ4n) is 3.01. The molecule has 0 atom stereocenters. The molecule has 1 saturated heterocycles. The first-order chi connectivity index (χ1) is 10.6. The Bertz CT molecular complexity index is 556. The Kier molecular flexibility index (Phi) is 4.22. The van der Waals surface area contributed by atoms with Gasteiger partial charge in [-0.15, -0.1) is 0 Å². The third-order valence-electron chi connectivity index (χ3n) is 4.59. The number of carbonyl (C=O) groups is 1. The minimum Gasteiger partial charge on any atom is -0.338 e. The van der Waals surface area contributed by atoms with Crippen LogP contribution in [0.4, 0.5) is 11.5 Å². The zero-order valence-corrected chi connectivity index (χ0v) is 12.5. The number of rotatable bonds is 3. The Hall–Kier alpha value is -2.18. The van der Waals surface area contributed by atoms with E-state index in [1.807, 2.05) is 4.90 Å². The Morgan fingerprint density at radius 1 is 1.18 bits per heavy atom. The molecule has 0 spiro atoms. The molecule has 1 saturated carbocycles. The molecule has 1 aromatic rings. The summed E-state index contributed by atoms with van der Waals surface area (Å²) in [6.45, 7) is 3.13. The van der Waals surface area contributed by atoms with Gasteiger partial charge in [-0.1, -0.05) is 6.42 Å².